The third-order valence-corrected chi connectivity index (χ3v) is 11.7. The number of alkyl halides is 1. The third-order valence-electron chi connectivity index (χ3n) is 8.49. The quantitative estimate of drug-likeness (QED) is 0.140. The molecular weight excluding hydrogens is 556 g/mol. The Morgan fingerprint density at radius 3 is 2.59 bits per heavy atom. The van der Waals surface area contributed by atoms with Gasteiger partial charge < -0.3 is 19.6 Å². The van der Waals surface area contributed by atoms with Crippen LogP contribution in [0, 0.1) is 17.8 Å². The lowest BCUT2D eigenvalue weighted by Crippen LogP contribution is -2.60. The molecule has 2 bridgehead atoms. The summed E-state index contributed by atoms with van der Waals surface area (Å²) in [5.74, 6) is -2.03. The molecule has 0 aliphatic carbocycles. The third kappa shape index (κ3) is 5.29. The van der Waals surface area contributed by atoms with E-state index in [-0.39, 0.29) is 53.0 Å². The van der Waals surface area contributed by atoms with Crippen LogP contribution in [-0.2, 0) is 19.1 Å². The van der Waals surface area contributed by atoms with Gasteiger partial charge in [0.1, 0.15) is 6.04 Å². The van der Waals surface area contributed by atoms with Crippen LogP contribution in [0.2, 0.25) is 0 Å². The van der Waals surface area contributed by atoms with Crippen LogP contribution >= 0.6 is 27.7 Å². The Bertz CT molecular complexity index is 887. The monoisotopic (exact) mass is 598 g/mol. The zero-order valence-corrected chi connectivity index (χ0v) is 25.0. The second-order valence-electron chi connectivity index (χ2n) is 10.7. The smallest absolute Gasteiger partial charge is 0.310 e. The highest BCUT2D eigenvalue weighted by molar-refractivity contribution is 9.09. The molecule has 2 amide bonds. The van der Waals surface area contributed by atoms with Crippen molar-refractivity contribution < 1.29 is 24.2 Å². The van der Waals surface area contributed by atoms with Crippen molar-refractivity contribution in [3.8, 4) is 0 Å². The number of likely N-dealkylation sites (tertiary alicyclic amines) is 1. The average Bonchev–Trinajstić information content (AvgIpc) is 3.46. The number of ether oxygens (including phenoxy) is 1. The van der Waals surface area contributed by atoms with E-state index in [1.54, 1.807) is 28.8 Å². The lowest BCUT2D eigenvalue weighted by Gasteiger charge is -2.42. The highest BCUT2D eigenvalue weighted by atomic mass is 79.9. The first-order valence-electron chi connectivity index (χ1n) is 13.6. The molecule has 3 saturated heterocycles. The number of fused-ring (bicyclic) bond motifs is 1. The van der Waals surface area contributed by atoms with Gasteiger partial charge in [-0.05, 0) is 32.1 Å². The van der Waals surface area contributed by atoms with Crippen LogP contribution in [0.15, 0.2) is 25.3 Å². The Morgan fingerprint density at radius 2 is 2.03 bits per heavy atom. The molecule has 0 aromatic rings. The molecule has 4 unspecified atom stereocenters. The minimum absolute atomic E-state index is 0.0136. The Hall–Kier alpha value is -1.32. The number of thioether (sulfide) groups is 1. The molecule has 0 aromatic carbocycles. The van der Waals surface area contributed by atoms with Gasteiger partial charge in [0.05, 0.1) is 35.8 Å². The molecule has 3 heterocycles. The van der Waals surface area contributed by atoms with Gasteiger partial charge in [0, 0.05) is 22.7 Å². The van der Waals surface area contributed by atoms with Crippen LogP contribution < -0.4 is 0 Å². The lowest BCUT2D eigenvalue weighted by atomic mass is 9.71. The molecule has 1 spiro atoms. The highest BCUT2D eigenvalue weighted by Crippen LogP contribution is 2.68. The molecule has 0 aromatic heterocycles. The van der Waals surface area contributed by atoms with E-state index >= 15 is 0 Å². The Morgan fingerprint density at radius 1 is 1.32 bits per heavy atom. The average molecular weight is 600 g/mol. The number of halogens is 1. The molecule has 3 aliphatic rings. The van der Waals surface area contributed by atoms with Crippen LogP contribution in [0.25, 0.3) is 0 Å². The van der Waals surface area contributed by atoms with Gasteiger partial charge in [-0.1, -0.05) is 61.7 Å². The van der Waals surface area contributed by atoms with Gasteiger partial charge in [-0.3, -0.25) is 14.4 Å². The second-order valence-corrected chi connectivity index (χ2v) is 13.4. The molecule has 37 heavy (non-hydrogen) atoms. The number of hydrogen-bond donors (Lipinski definition) is 1. The molecule has 0 radical (unpaired) electrons. The van der Waals surface area contributed by atoms with Crippen molar-refractivity contribution in [1.29, 1.82) is 0 Å². The number of amides is 2. The minimum atomic E-state index is -0.767. The number of aliphatic hydroxyl groups is 1. The molecule has 0 saturated carbocycles. The van der Waals surface area contributed by atoms with Gasteiger partial charge in [0.25, 0.3) is 0 Å². The van der Waals surface area contributed by atoms with E-state index in [1.807, 2.05) is 25.7 Å². The van der Waals surface area contributed by atoms with Gasteiger partial charge in [-0.25, -0.2) is 0 Å². The number of rotatable bonds is 14. The van der Waals surface area contributed by atoms with Crippen LogP contribution in [0.5, 0.6) is 0 Å². The number of hydrogen-bond acceptors (Lipinski definition) is 6. The maximum absolute atomic E-state index is 14.5. The van der Waals surface area contributed by atoms with Crippen molar-refractivity contribution in [1.82, 2.24) is 9.80 Å². The molecule has 3 rings (SSSR count). The topological polar surface area (TPSA) is 87.1 Å². The van der Waals surface area contributed by atoms with E-state index in [1.165, 1.54) is 0 Å². The summed E-state index contributed by atoms with van der Waals surface area (Å²) in [6, 6.07) is -1.30. The molecule has 9 heteroatoms. The molecule has 7 nitrogen and oxygen atoms in total. The lowest BCUT2D eigenvalue weighted by molar-refractivity contribution is -0.154. The summed E-state index contributed by atoms with van der Waals surface area (Å²) < 4.78 is 4.83. The largest absolute Gasteiger partial charge is 0.465 e. The van der Waals surface area contributed by atoms with E-state index in [2.05, 4.69) is 36.0 Å². The standard InChI is InChI=1S/C28H43BrN2O5S/c1-7-11-14-36-27(35)21-22-25(33)31(20(16-32)17(5)10-4)24(28(22)15-19(29)23(21)37-28)26(34)30(13-9-3)18(6)12-8-2/h7,9,17-24,32H,1,3,8,10-16H2,2,4-6H3/t17-,18?,19?,20-,21-,22-,23-,24?,28?/m0/s1. The number of carbonyl (C=O) groups excluding carboxylic acids is 3. The number of carbonyl (C=O) groups is 3. The van der Waals surface area contributed by atoms with Gasteiger partial charge >= 0.3 is 5.97 Å². The summed E-state index contributed by atoms with van der Waals surface area (Å²) in [4.78, 5) is 45.6. The van der Waals surface area contributed by atoms with Crippen molar-refractivity contribution in [3.05, 3.63) is 25.3 Å². The van der Waals surface area contributed by atoms with Gasteiger partial charge in [0.15, 0.2) is 0 Å². The normalized spacial score (nSPS) is 32.5. The first-order valence-corrected chi connectivity index (χ1v) is 15.4. The summed E-state index contributed by atoms with van der Waals surface area (Å²) in [7, 11) is 0. The van der Waals surface area contributed by atoms with Crippen molar-refractivity contribution in [3.63, 3.8) is 0 Å². The Kier molecular flexibility index (Phi) is 10.4. The zero-order valence-electron chi connectivity index (χ0n) is 22.6. The predicted molar refractivity (Wildman–Crippen MR) is 151 cm³/mol. The number of esters is 1. The molecule has 1 N–H and O–H groups in total. The number of nitrogens with zero attached hydrogens (tertiary/aromatic N) is 2. The van der Waals surface area contributed by atoms with Crippen molar-refractivity contribution in [2.45, 2.75) is 92.7 Å². The van der Waals surface area contributed by atoms with Crippen LogP contribution in [0.1, 0.15) is 59.8 Å². The first-order chi connectivity index (χ1) is 17.6. The van der Waals surface area contributed by atoms with E-state index in [0.717, 1.165) is 19.3 Å². The van der Waals surface area contributed by atoms with Crippen molar-refractivity contribution in [2.24, 2.45) is 17.8 Å². The summed E-state index contributed by atoms with van der Waals surface area (Å²) in [6.45, 7) is 16.1. The zero-order chi connectivity index (χ0) is 27.5. The van der Waals surface area contributed by atoms with Crippen LogP contribution in [0.4, 0.5) is 0 Å². The van der Waals surface area contributed by atoms with E-state index in [0.29, 0.717) is 19.4 Å². The second kappa shape index (κ2) is 12.7. The van der Waals surface area contributed by atoms with Gasteiger partial charge in [-0.15, -0.1) is 24.9 Å². The highest BCUT2D eigenvalue weighted by Gasteiger charge is 2.76. The first kappa shape index (κ1) is 30.2. The summed E-state index contributed by atoms with van der Waals surface area (Å²) >= 11 is 5.39. The summed E-state index contributed by atoms with van der Waals surface area (Å²) in [5, 5.41) is 10.3. The number of aliphatic hydroxyl groups excluding tert-OH is 1. The fourth-order valence-corrected chi connectivity index (χ4v) is 10.1. The van der Waals surface area contributed by atoms with Crippen molar-refractivity contribution >= 4 is 45.5 Å². The van der Waals surface area contributed by atoms with Gasteiger partial charge in [0.2, 0.25) is 11.8 Å². The Balaban J connectivity index is 2.11. The van der Waals surface area contributed by atoms with E-state index in [9.17, 15) is 19.5 Å². The maximum atomic E-state index is 14.5. The summed E-state index contributed by atoms with van der Waals surface area (Å²) in [6.07, 6.45) is 7.07. The fraction of sp³-hybridized carbons (Fsp3) is 0.750. The molecular formula is C28H43BrN2O5S. The van der Waals surface area contributed by atoms with Crippen LogP contribution in [-0.4, -0.2) is 85.4 Å². The molecule has 3 fully saturated rings. The maximum Gasteiger partial charge on any atom is 0.310 e. The summed E-state index contributed by atoms with van der Waals surface area (Å²) in [5.41, 5.74) is 0. The van der Waals surface area contributed by atoms with Gasteiger partial charge in [-0.2, -0.15) is 0 Å². The van der Waals surface area contributed by atoms with Crippen molar-refractivity contribution in [2.75, 3.05) is 19.8 Å². The molecule has 9 atom stereocenters. The minimum Gasteiger partial charge on any atom is -0.465 e. The van der Waals surface area contributed by atoms with E-state index < -0.39 is 28.7 Å². The SMILES string of the molecule is C=CCCOC(=O)[C@H]1[C@H]2C(=O)N([C@@H](CO)[C@@H](C)CC)C(C(=O)N(CC=C)C(C)CCC)C23CC(Br)[C@@H]1S3. The fourth-order valence-electron chi connectivity index (χ4n) is 6.48. The molecule has 208 valence electrons. The van der Waals surface area contributed by atoms with E-state index in [4.69, 9.17) is 4.74 Å². The Labute approximate surface area is 234 Å². The van der Waals surface area contributed by atoms with Crippen LogP contribution in [0.3, 0.4) is 0 Å². The molecule has 3 aliphatic heterocycles. The predicted octanol–water partition coefficient (Wildman–Crippen LogP) is 4.18.